The quantitative estimate of drug-likeness (QED) is 0.376. The number of hydrogen-bond acceptors (Lipinski definition) is 6. The van der Waals surface area contributed by atoms with Gasteiger partial charge < -0.3 is 15.0 Å². The molecule has 0 unspecified atom stereocenters. The average molecular weight is 485 g/mol. The number of benzene rings is 2. The number of ether oxygens (including phenoxy) is 1. The molecule has 2 aromatic carbocycles. The highest BCUT2D eigenvalue weighted by Crippen LogP contribution is 2.20. The van der Waals surface area contributed by atoms with Crippen molar-refractivity contribution in [3.05, 3.63) is 86.3 Å². The SMILES string of the molecule is COc1ccc(CN2CCc3nc(SCC(=O)NCc4ccc(Cl)cc4)[nH]c(=O)c3C2)cc1. The molecule has 2 N–H and O–H groups in total. The summed E-state index contributed by atoms with van der Waals surface area (Å²) in [6.45, 7) is 2.55. The van der Waals surface area contributed by atoms with E-state index in [2.05, 4.69) is 20.2 Å². The van der Waals surface area contributed by atoms with Crippen molar-refractivity contribution >= 4 is 29.3 Å². The molecule has 33 heavy (non-hydrogen) atoms. The Labute approximate surface area is 201 Å². The average Bonchev–Trinajstić information content (AvgIpc) is 2.83. The second-order valence-corrected chi connectivity index (χ2v) is 9.20. The third kappa shape index (κ3) is 6.37. The first-order chi connectivity index (χ1) is 16.0. The number of hydrogen-bond donors (Lipinski definition) is 2. The molecule has 0 atom stereocenters. The first kappa shape index (κ1) is 23.4. The van der Waals surface area contributed by atoms with Gasteiger partial charge in [0, 0.05) is 37.6 Å². The number of rotatable bonds is 8. The van der Waals surface area contributed by atoms with Crippen LogP contribution in [0, 0.1) is 0 Å². The molecule has 1 aliphatic rings. The molecule has 3 aromatic rings. The van der Waals surface area contributed by atoms with Crippen molar-refractivity contribution in [2.75, 3.05) is 19.4 Å². The number of carbonyl (C=O) groups is 1. The number of nitrogens with one attached hydrogen (secondary N) is 2. The molecule has 1 aromatic heterocycles. The number of H-pyrrole nitrogens is 1. The second kappa shape index (κ2) is 10.9. The highest BCUT2D eigenvalue weighted by Gasteiger charge is 2.21. The molecule has 9 heteroatoms. The van der Waals surface area contributed by atoms with Crippen LogP contribution in [-0.4, -0.2) is 40.2 Å². The van der Waals surface area contributed by atoms with Crippen LogP contribution in [0.5, 0.6) is 5.75 Å². The molecule has 7 nitrogen and oxygen atoms in total. The van der Waals surface area contributed by atoms with Gasteiger partial charge in [-0.1, -0.05) is 47.6 Å². The van der Waals surface area contributed by atoms with Crippen molar-refractivity contribution in [2.24, 2.45) is 0 Å². The number of aromatic nitrogens is 2. The minimum Gasteiger partial charge on any atom is -0.497 e. The number of aromatic amines is 1. The molecule has 0 bridgehead atoms. The summed E-state index contributed by atoms with van der Waals surface area (Å²) in [5.41, 5.74) is 3.52. The number of fused-ring (bicyclic) bond motifs is 1. The topological polar surface area (TPSA) is 87.3 Å². The molecule has 2 heterocycles. The normalized spacial score (nSPS) is 13.4. The Bertz CT molecular complexity index is 1170. The van der Waals surface area contributed by atoms with Crippen LogP contribution < -0.4 is 15.6 Å². The molecule has 172 valence electrons. The molecule has 0 aliphatic carbocycles. The summed E-state index contributed by atoms with van der Waals surface area (Å²) in [7, 11) is 1.65. The third-order valence-corrected chi connectivity index (χ3v) is 6.56. The summed E-state index contributed by atoms with van der Waals surface area (Å²) >= 11 is 7.11. The van der Waals surface area contributed by atoms with Gasteiger partial charge in [0.05, 0.1) is 24.1 Å². The zero-order chi connectivity index (χ0) is 23.2. The molecule has 1 aliphatic heterocycles. The maximum absolute atomic E-state index is 12.7. The summed E-state index contributed by atoms with van der Waals surface area (Å²) in [5.74, 6) is 0.881. The number of amides is 1. The van der Waals surface area contributed by atoms with E-state index in [1.54, 1.807) is 19.2 Å². The van der Waals surface area contributed by atoms with Gasteiger partial charge >= 0.3 is 0 Å². The lowest BCUT2D eigenvalue weighted by Gasteiger charge is -2.27. The predicted octanol–water partition coefficient (Wildman–Crippen LogP) is 3.40. The largest absolute Gasteiger partial charge is 0.497 e. The van der Waals surface area contributed by atoms with Gasteiger partial charge in [0.2, 0.25) is 5.91 Å². The van der Waals surface area contributed by atoms with E-state index in [-0.39, 0.29) is 17.2 Å². The van der Waals surface area contributed by atoms with Gasteiger partial charge in [-0.2, -0.15) is 0 Å². The maximum Gasteiger partial charge on any atom is 0.256 e. The standard InChI is InChI=1S/C24H25ClN4O3S/c1-32-19-8-4-17(5-9-19)13-29-11-10-21-20(14-29)23(31)28-24(27-21)33-15-22(30)26-12-16-2-6-18(25)7-3-16/h2-9H,10-15H2,1H3,(H,26,30)(H,27,28,31). The molecule has 0 saturated heterocycles. The van der Waals surface area contributed by atoms with Crippen molar-refractivity contribution in [3.8, 4) is 5.75 Å². The Morgan fingerprint density at radius 3 is 2.64 bits per heavy atom. The Morgan fingerprint density at radius 2 is 1.91 bits per heavy atom. The number of thioether (sulfide) groups is 1. The zero-order valence-electron chi connectivity index (χ0n) is 18.3. The fraction of sp³-hybridized carbons (Fsp3) is 0.292. The van der Waals surface area contributed by atoms with Crippen LogP contribution >= 0.6 is 23.4 Å². The van der Waals surface area contributed by atoms with Crippen LogP contribution in [0.2, 0.25) is 5.02 Å². The van der Waals surface area contributed by atoms with E-state index >= 15 is 0 Å². The number of nitrogens with zero attached hydrogens (tertiary/aromatic N) is 2. The highest BCUT2D eigenvalue weighted by molar-refractivity contribution is 7.99. The summed E-state index contributed by atoms with van der Waals surface area (Å²) < 4.78 is 5.21. The van der Waals surface area contributed by atoms with Crippen molar-refractivity contribution < 1.29 is 9.53 Å². The van der Waals surface area contributed by atoms with Gasteiger partial charge in [-0.15, -0.1) is 0 Å². The van der Waals surface area contributed by atoms with Crippen LogP contribution in [0.25, 0.3) is 0 Å². The van der Waals surface area contributed by atoms with Crippen LogP contribution in [0.4, 0.5) is 0 Å². The molecular formula is C24H25ClN4O3S. The van der Waals surface area contributed by atoms with Crippen LogP contribution in [-0.2, 0) is 30.8 Å². The van der Waals surface area contributed by atoms with Gasteiger partial charge in [-0.05, 0) is 35.4 Å². The minimum absolute atomic E-state index is 0.124. The molecular weight excluding hydrogens is 460 g/mol. The summed E-state index contributed by atoms with van der Waals surface area (Å²) in [4.78, 5) is 34.6. The third-order valence-electron chi connectivity index (χ3n) is 5.43. The molecule has 4 rings (SSSR count). The smallest absolute Gasteiger partial charge is 0.256 e. The Hall–Kier alpha value is -2.81. The molecule has 0 fully saturated rings. The van der Waals surface area contributed by atoms with Gasteiger partial charge in [0.1, 0.15) is 5.75 Å². The van der Waals surface area contributed by atoms with E-state index in [0.717, 1.165) is 30.1 Å². The van der Waals surface area contributed by atoms with E-state index in [0.29, 0.717) is 35.3 Å². The first-order valence-electron chi connectivity index (χ1n) is 10.6. The lowest BCUT2D eigenvalue weighted by molar-refractivity contribution is -0.118. The Morgan fingerprint density at radius 1 is 1.18 bits per heavy atom. The Kier molecular flexibility index (Phi) is 7.69. The Balaban J connectivity index is 1.31. The monoisotopic (exact) mass is 484 g/mol. The number of carbonyl (C=O) groups excluding carboxylic acids is 1. The van der Waals surface area contributed by atoms with Crippen molar-refractivity contribution in [2.45, 2.75) is 31.2 Å². The zero-order valence-corrected chi connectivity index (χ0v) is 19.8. The van der Waals surface area contributed by atoms with E-state index in [1.807, 2.05) is 36.4 Å². The van der Waals surface area contributed by atoms with Gasteiger partial charge in [0.15, 0.2) is 5.16 Å². The van der Waals surface area contributed by atoms with E-state index in [4.69, 9.17) is 16.3 Å². The molecule has 1 amide bonds. The van der Waals surface area contributed by atoms with Crippen LogP contribution in [0.15, 0.2) is 58.5 Å². The summed E-state index contributed by atoms with van der Waals surface area (Å²) in [6, 6.07) is 15.3. The second-order valence-electron chi connectivity index (χ2n) is 7.80. The summed E-state index contributed by atoms with van der Waals surface area (Å²) in [6.07, 6.45) is 0.700. The van der Waals surface area contributed by atoms with Crippen molar-refractivity contribution in [1.82, 2.24) is 20.2 Å². The molecule has 0 saturated carbocycles. The van der Waals surface area contributed by atoms with E-state index < -0.39 is 0 Å². The number of halogens is 1. The minimum atomic E-state index is -0.136. The number of methoxy groups -OCH3 is 1. The maximum atomic E-state index is 12.7. The molecule has 0 spiro atoms. The van der Waals surface area contributed by atoms with Gasteiger partial charge in [-0.25, -0.2) is 4.98 Å². The van der Waals surface area contributed by atoms with Gasteiger partial charge in [0.25, 0.3) is 5.56 Å². The van der Waals surface area contributed by atoms with E-state index in [9.17, 15) is 9.59 Å². The van der Waals surface area contributed by atoms with Crippen LogP contribution in [0.3, 0.4) is 0 Å². The van der Waals surface area contributed by atoms with Crippen LogP contribution in [0.1, 0.15) is 22.4 Å². The first-order valence-corrected chi connectivity index (χ1v) is 12.0. The molecule has 0 radical (unpaired) electrons. The van der Waals surface area contributed by atoms with Crippen molar-refractivity contribution in [3.63, 3.8) is 0 Å². The lowest BCUT2D eigenvalue weighted by Crippen LogP contribution is -2.35. The fourth-order valence-corrected chi connectivity index (χ4v) is 4.47. The lowest BCUT2D eigenvalue weighted by atomic mass is 10.1. The van der Waals surface area contributed by atoms with Crippen molar-refractivity contribution in [1.29, 1.82) is 0 Å². The van der Waals surface area contributed by atoms with E-state index in [1.165, 1.54) is 17.3 Å². The van der Waals surface area contributed by atoms with Gasteiger partial charge in [-0.3, -0.25) is 14.5 Å². The fourth-order valence-electron chi connectivity index (χ4n) is 3.64. The highest BCUT2D eigenvalue weighted by atomic mass is 35.5. The predicted molar refractivity (Wildman–Crippen MR) is 130 cm³/mol. The summed E-state index contributed by atoms with van der Waals surface area (Å²) in [5, 5.41) is 4.00.